The molecule has 2 rings (SSSR count). The van der Waals surface area contributed by atoms with Crippen molar-refractivity contribution in [2.75, 3.05) is 5.01 Å². The molecule has 3 N–H and O–H groups in total. The van der Waals surface area contributed by atoms with Gasteiger partial charge in [-0.2, -0.15) is 11.3 Å². The van der Waals surface area contributed by atoms with E-state index in [1.165, 1.54) is 34.5 Å². The van der Waals surface area contributed by atoms with Gasteiger partial charge in [-0.15, -0.1) is 0 Å². The van der Waals surface area contributed by atoms with Gasteiger partial charge in [0.25, 0.3) is 5.91 Å². The zero-order chi connectivity index (χ0) is 14.7. The Morgan fingerprint density at radius 2 is 2.20 bits per heavy atom. The number of hydrogen-bond donors (Lipinski definition) is 2. The molecule has 0 aliphatic rings. The van der Waals surface area contributed by atoms with E-state index in [0.717, 1.165) is 0 Å². The third kappa shape index (κ3) is 3.24. The number of thiophene rings is 1. The van der Waals surface area contributed by atoms with Crippen LogP contribution >= 0.6 is 35.2 Å². The fourth-order valence-corrected chi connectivity index (χ4v) is 2.39. The summed E-state index contributed by atoms with van der Waals surface area (Å²) in [5, 5.41) is 4.45. The highest BCUT2D eigenvalue weighted by Gasteiger charge is 2.16. The molecule has 1 aromatic heterocycles. The van der Waals surface area contributed by atoms with Crippen LogP contribution in [0, 0.1) is 5.82 Å². The van der Waals surface area contributed by atoms with E-state index in [1.54, 1.807) is 16.8 Å². The van der Waals surface area contributed by atoms with Crippen molar-refractivity contribution in [2.45, 2.75) is 0 Å². The van der Waals surface area contributed by atoms with Crippen LogP contribution in [0.15, 0.2) is 35.0 Å². The second-order valence-corrected chi connectivity index (χ2v) is 5.33. The number of carbonyl (C=O) groups is 1. The van der Waals surface area contributed by atoms with E-state index in [2.05, 4.69) is 5.43 Å². The lowest BCUT2D eigenvalue weighted by Crippen LogP contribution is -2.49. The summed E-state index contributed by atoms with van der Waals surface area (Å²) in [6.45, 7) is 0. The number of hydrogen-bond acceptors (Lipinski definition) is 3. The lowest BCUT2D eigenvalue weighted by molar-refractivity contribution is 0.0955. The van der Waals surface area contributed by atoms with Gasteiger partial charge in [0.15, 0.2) is 5.11 Å². The smallest absolute Gasteiger partial charge is 0.271 e. The van der Waals surface area contributed by atoms with Gasteiger partial charge in [0.05, 0.1) is 16.3 Å². The maximum atomic E-state index is 13.1. The van der Waals surface area contributed by atoms with Crippen LogP contribution in [0.1, 0.15) is 10.4 Å². The van der Waals surface area contributed by atoms with Crippen molar-refractivity contribution >= 4 is 51.9 Å². The first-order chi connectivity index (χ1) is 9.49. The quantitative estimate of drug-likeness (QED) is 0.657. The molecule has 0 fully saturated rings. The summed E-state index contributed by atoms with van der Waals surface area (Å²) in [4.78, 5) is 12.0. The number of carbonyl (C=O) groups excluding carboxylic acids is 1. The second-order valence-electron chi connectivity index (χ2n) is 3.73. The molecule has 8 heteroatoms. The lowest BCUT2D eigenvalue weighted by atomic mass is 10.3. The molecule has 1 heterocycles. The molecule has 0 aliphatic carbocycles. The number of benzene rings is 1. The first kappa shape index (κ1) is 14.7. The number of rotatable bonds is 2. The molecule has 0 bridgehead atoms. The molecule has 0 atom stereocenters. The predicted molar refractivity (Wildman–Crippen MR) is 82.5 cm³/mol. The Morgan fingerprint density at radius 1 is 1.45 bits per heavy atom. The third-order valence-corrected chi connectivity index (χ3v) is 3.53. The zero-order valence-electron chi connectivity index (χ0n) is 9.97. The van der Waals surface area contributed by atoms with E-state index in [0.29, 0.717) is 11.3 Å². The van der Waals surface area contributed by atoms with Crippen molar-refractivity contribution in [1.82, 2.24) is 5.43 Å². The van der Waals surface area contributed by atoms with Gasteiger partial charge >= 0.3 is 0 Å². The number of hydrazine groups is 1. The van der Waals surface area contributed by atoms with Crippen molar-refractivity contribution in [2.24, 2.45) is 5.73 Å². The molecule has 1 amide bonds. The van der Waals surface area contributed by atoms with Gasteiger partial charge in [-0.1, -0.05) is 11.6 Å². The van der Waals surface area contributed by atoms with Crippen LogP contribution < -0.4 is 16.2 Å². The van der Waals surface area contributed by atoms with Crippen LogP contribution in [0.2, 0.25) is 5.02 Å². The highest BCUT2D eigenvalue weighted by atomic mass is 35.5. The Bertz CT molecular complexity index is 648. The predicted octanol–water partition coefficient (Wildman–Crippen LogP) is 2.94. The van der Waals surface area contributed by atoms with Crippen molar-refractivity contribution in [3.05, 3.63) is 51.4 Å². The molecule has 4 nitrogen and oxygen atoms in total. The Hall–Kier alpha value is -1.70. The van der Waals surface area contributed by atoms with Crippen molar-refractivity contribution in [3.63, 3.8) is 0 Å². The number of halogens is 2. The summed E-state index contributed by atoms with van der Waals surface area (Å²) in [6.07, 6.45) is 0. The lowest BCUT2D eigenvalue weighted by Gasteiger charge is -2.23. The molecule has 0 saturated heterocycles. The van der Waals surface area contributed by atoms with Crippen molar-refractivity contribution in [3.8, 4) is 0 Å². The summed E-state index contributed by atoms with van der Waals surface area (Å²) in [7, 11) is 0. The number of nitrogens with zero attached hydrogens (tertiary/aromatic N) is 1. The molecule has 0 saturated carbocycles. The molecule has 1 aromatic carbocycles. The van der Waals surface area contributed by atoms with Crippen LogP contribution in [-0.4, -0.2) is 11.0 Å². The maximum absolute atomic E-state index is 13.1. The van der Waals surface area contributed by atoms with Gasteiger partial charge in [0.1, 0.15) is 5.82 Å². The molecule has 0 aliphatic heterocycles. The minimum atomic E-state index is -0.567. The number of thiocarbonyl (C=S) groups is 1. The van der Waals surface area contributed by atoms with Gasteiger partial charge in [-0.25, -0.2) is 9.40 Å². The van der Waals surface area contributed by atoms with Crippen molar-refractivity contribution < 1.29 is 9.18 Å². The summed E-state index contributed by atoms with van der Waals surface area (Å²) in [5.41, 5.74) is 8.95. The highest BCUT2D eigenvalue weighted by molar-refractivity contribution is 7.80. The van der Waals surface area contributed by atoms with E-state index in [9.17, 15) is 9.18 Å². The van der Waals surface area contributed by atoms with Gasteiger partial charge in [0, 0.05) is 5.38 Å². The highest BCUT2D eigenvalue weighted by Crippen LogP contribution is 2.22. The first-order valence-electron chi connectivity index (χ1n) is 5.37. The standard InChI is InChI=1S/C12H9ClFN3OS2/c13-9-5-8(1-2-10(9)14)17(12(15)19)16-11(18)7-3-4-20-6-7/h1-6H,(H2,15,19)(H,16,18). The average Bonchev–Trinajstić information content (AvgIpc) is 2.93. The number of nitrogens with one attached hydrogen (secondary N) is 1. The largest absolute Gasteiger partial charge is 0.374 e. The van der Waals surface area contributed by atoms with Crippen LogP contribution in [-0.2, 0) is 0 Å². The maximum Gasteiger partial charge on any atom is 0.271 e. The minimum absolute atomic E-state index is 0.0868. The molecule has 20 heavy (non-hydrogen) atoms. The molecule has 2 aromatic rings. The fraction of sp³-hybridized carbons (Fsp3) is 0. The minimum Gasteiger partial charge on any atom is -0.374 e. The third-order valence-electron chi connectivity index (χ3n) is 2.38. The monoisotopic (exact) mass is 329 g/mol. The molecule has 0 spiro atoms. The van der Waals surface area contributed by atoms with Crippen LogP contribution in [0.5, 0.6) is 0 Å². The van der Waals surface area contributed by atoms with Gasteiger partial charge in [-0.05, 0) is 41.9 Å². The van der Waals surface area contributed by atoms with Crippen molar-refractivity contribution in [1.29, 1.82) is 0 Å². The zero-order valence-corrected chi connectivity index (χ0v) is 12.4. The fourth-order valence-electron chi connectivity index (χ4n) is 1.43. The summed E-state index contributed by atoms with van der Waals surface area (Å²) >= 11 is 12.0. The van der Waals surface area contributed by atoms with E-state index >= 15 is 0 Å². The Kier molecular flexibility index (Phi) is 4.53. The molecular weight excluding hydrogens is 321 g/mol. The second kappa shape index (κ2) is 6.17. The van der Waals surface area contributed by atoms with Gasteiger partial charge in [-0.3, -0.25) is 10.2 Å². The Balaban J connectivity index is 2.25. The van der Waals surface area contributed by atoms with Crippen LogP contribution in [0.3, 0.4) is 0 Å². The Labute approximate surface area is 128 Å². The van der Waals surface area contributed by atoms with Gasteiger partial charge in [0.2, 0.25) is 0 Å². The van der Waals surface area contributed by atoms with Crippen LogP contribution in [0.25, 0.3) is 0 Å². The van der Waals surface area contributed by atoms with E-state index in [-0.39, 0.29) is 16.0 Å². The SMILES string of the molecule is NC(=S)N(NC(=O)c1ccsc1)c1ccc(F)c(Cl)c1. The molecular formula is C12H9ClFN3OS2. The normalized spacial score (nSPS) is 10.1. The van der Waals surface area contributed by atoms with E-state index in [4.69, 9.17) is 29.6 Å². The topological polar surface area (TPSA) is 58.4 Å². The van der Waals surface area contributed by atoms with Gasteiger partial charge < -0.3 is 5.73 Å². The molecule has 0 radical (unpaired) electrons. The van der Waals surface area contributed by atoms with Crippen LogP contribution in [0.4, 0.5) is 10.1 Å². The van der Waals surface area contributed by atoms with E-state index < -0.39 is 5.82 Å². The molecule has 0 unspecified atom stereocenters. The summed E-state index contributed by atoms with van der Waals surface area (Å²) < 4.78 is 13.1. The van der Waals surface area contributed by atoms with E-state index in [1.807, 2.05) is 0 Å². The number of anilines is 1. The number of nitrogens with two attached hydrogens (primary N) is 1. The average molecular weight is 330 g/mol. The summed E-state index contributed by atoms with van der Waals surface area (Å²) in [5.74, 6) is -0.943. The molecule has 104 valence electrons. The Morgan fingerprint density at radius 3 is 2.75 bits per heavy atom. The number of amides is 1. The first-order valence-corrected chi connectivity index (χ1v) is 7.09. The summed E-state index contributed by atoms with van der Waals surface area (Å²) in [6, 6.07) is 5.56.